The van der Waals surface area contributed by atoms with Gasteiger partial charge in [-0.3, -0.25) is 20.3 Å². The topological polar surface area (TPSA) is 125 Å². The number of nitrogens with zero attached hydrogens (tertiary/aromatic N) is 4. The summed E-state index contributed by atoms with van der Waals surface area (Å²) in [7, 11) is 0. The molecule has 2 aromatic carbocycles. The summed E-state index contributed by atoms with van der Waals surface area (Å²) < 4.78 is 0. The summed E-state index contributed by atoms with van der Waals surface area (Å²) in [4.78, 5) is 16.1. The number of fused-ring (bicyclic) bond motifs is 3. The molecule has 148 valence electrons. The molecule has 9 nitrogen and oxygen atoms in total. The van der Waals surface area contributed by atoms with E-state index in [1.807, 2.05) is 25.1 Å². The third-order valence-electron chi connectivity index (χ3n) is 4.97. The molecule has 0 amide bonds. The Bertz CT molecular complexity index is 1380. The average molecular weight is 420 g/mol. The number of benzene rings is 2. The van der Waals surface area contributed by atoms with Crippen LogP contribution in [0, 0.1) is 17.0 Å². The van der Waals surface area contributed by atoms with Crippen LogP contribution in [0.1, 0.15) is 22.4 Å². The van der Waals surface area contributed by atoms with Crippen molar-refractivity contribution in [1.29, 1.82) is 0 Å². The van der Waals surface area contributed by atoms with Gasteiger partial charge >= 0.3 is 0 Å². The van der Waals surface area contributed by atoms with Crippen LogP contribution in [-0.4, -0.2) is 31.0 Å². The van der Waals surface area contributed by atoms with E-state index in [0.717, 1.165) is 11.3 Å². The highest BCUT2D eigenvalue weighted by atomic mass is 35.5. The average Bonchev–Trinajstić information content (AvgIpc) is 3.34. The first-order valence-electron chi connectivity index (χ1n) is 9.00. The molecule has 0 fully saturated rings. The summed E-state index contributed by atoms with van der Waals surface area (Å²) in [6, 6.07) is 8.74. The lowest BCUT2D eigenvalue weighted by atomic mass is 9.97. The van der Waals surface area contributed by atoms with Crippen LogP contribution in [0.5, 0.6) is 0 Å². The first-order chi connectivity index (χ1) is 14.5. The van der Waals surface area contributed by atoms with Crippen molar-refractivity contribution in [2.45, 2.75) is 6.92 Å². The number of aromatic nitrogens is 4. The standard InChI is InChI=1S/C20H14ClN7O2/c1-10-7-23-26-17(10)15-9-22-18-12(19(25-15)11-4-2-3-5-14(11)21)6-16(28(29)30)20-13(18)8-24-27-20/h2-9,22H,1H3,(H,23,26)(H,24,27). The highest BCUT2D eigenvalue weighted by molar-refractivity contribution is 6.36. The molecule has 0 atom stereocenters. The Balaban J connectivity index is 1.86. The van der Waals surface area contributed by atoms with Crippen LogP contribution in [0.2, 0.25) is 5.02 Å². The zero-order valence-electron chi connectivity index (χ0n) is 15.6. The van der Waals surface area contributed by atoms with Crippen molar-refractivity contribution in [3.63, 3.8) is 0 Å². The summed E-state index contributed by atoms with van der Waals surface area (Å²) in [5.41, 5.74) is 4.84. The molecule has 0 bridgehead atoms. The van der Waals surface area contributed by atoms with Gasteiger partial charge in [-0.1, -0.05) is 29.8 Å². The number of hydrogen-bond donors (Lipinski definition) is 3. The maximum atomic E-state index is 11.7. The van der Waals surface area contributed by atoms with Gasteiger partial charge in [0.2, 0.25) is 0 Å². The molecule has 0 unspecified atom stereocenters. The normalized spacial score (nSPS) is 13.3. The Morgan fingerprint density at radius 3 is 2.63 bits per heavy atom. The molecule has 2 aromatic heterocycles. The predicted molar refractivity (Wildman–Crippen MR) is 115 cm³/mol. The molecule has 10 heteroatoms. The maximum absolute atomic E-state index is 11.7. The van der Waals surface area contributed by atoms with Gasteiger partial charge in [0.25, 0.3) is 5.69 Å². The summed E-state index contributed by atoms with van der Waals surface area (Å²) in [5.74, 6) is 0. The molecular weight excluding hydrogens is 406 g/mol. The van der Waals surface area contributed by atoms with Crippen LogP contribution in [-0.2, 0) is 0 Å². The third-order valence-corrected chi connectivity index (χ3v) is 5.30. The smallest absolute Gasteiger partial charge is 0.295 e. The van der Waals surface area contributed by atoms with E-state index < -0.39 is 4.92 Å². The molecule has 1 aliphatic rings. The molecule has 3 N–H and O–H groups in total. The number of anilines is 1. The second-order valence-electron chi connectivity index (χ2n) is 6.78. The Kier molecular flexibility index (Phi) is 4.11. The van der Waals surface area contributed by atoms with Crippen LogP contribution in [0.3, 0.4) is 0 Å². The first-order valence-corrected chi connectivity index (χ1v) is 9.38. The van der Waals surface area contributed by atoms with Crippen LogP contribution >= 0.6 is 11.6 Å². The van der Waals surface area contributed by atoms with Gasteiger partial charge in [0.1, 0.15) is 11.2 Å². The molecule has 30 heavy (non-hydrogen) atoms. The van der Waals surface area contributed by atoms with Crippen molar-refractivity contribution in [3.8, 4) is 0 Å². The van der Waals surface area contributed by atoms with Crippen molar-refractivity contribution >= 4 is 45.3 Å². The number of halogens is 1. The SMILES string of the molecule is Cc1cn[nH]c1C1=CNc2c(cc([N+](=O)[O-])c3[nH]ncc23)C(c2ccccc2Cl)=N1. The second kappa shape index (κ2) is 6.82. The van der Waals surface area contributed by atoms with Crippen LogP contribution in [0.25, 0.3) is 16.6 Å². The maximum Gasteiger partial charge on any atom is 0.295 e. The summed E-state index contributed by atoms with van der Waals surface area (Å²) in [6.07, 6.45) is 5.00. The zero-order valence-corrected chi connectivity index (χ0v) is 16.4. The molecule has 0 aliphatic carbocycles. The number of nitro groups is 1. The number of hydrogen-bond acceptors (Lipinski definition) is 6. The fourth-order valence-electron chi connectivity index (χ4n) is 3.53. The van der Waals surface area contributed by atoms with E-state index in [0.29, 0.717) is 44.1 Å². The highest BCUT2D eigenvalue weighted by Gasteiger charge is 2.26. The lowest BCUT2D eigenvalue weighted by Gasteiger charge is -2.12. The molecule has 5 rings (SSSR count). The van der Waals surface area contributed by atoms with Crippen molar-refractivity contribution in [2.24, 2.45) is 4.99 Å². The highest BCUT2D eigenvalue weighted by Crippen LogP contribution is 2.38. The van der Waals surface area contributed by atoms with Gasteiger partial charge in [0.05, 0.1) is 39.8 Å². The molecule has 1 aliphatic heterocycles. The number of H-pyrrole nitrogens is 2. The van der Waals surface area contributed by atoms with E-state index in [1.54, 1.807) is 24.7 Å². The predicted octanol–water partition coefficient (Wildman–Crippen LogP) is 4.42. The van der Waals surface area contributed by atoms with Crippen molar-refractivity contribution in [2.75, 3.05) is 5.32 Å². The zero-order chi connectivity index (χ0) is 20.8. The monoisotopic (exact) mass is 419 g/mol. The van der Waals surface area contributed by atoms with Crippen LogP contribution in [0.4, 0.5) is 11.4 Å². The molecule has 3 heterocycles. The van der Waals surface area contributed by atoms with E-state index in [-0.39, 0.29) is 5.69 Å². The van der Waals surface area contributed by atoms with E-state index >= 15 is 0 Å². The van der Waals surface area contributed by atoms with Gasteiger partial charge in [-0.2, -0.15) is 10.2 Å². The molecule has 0 spiro atoms. The molecule has 0 saturated carbocycles. The fraction of sp³-hybridized carbons (Fsp3) is 0.0500. The number of nitro benzene ring substituents is 1. The third kappa shape index (κ3) is 2.75. The van der Waals surface area contributed by atoms with E-state index in [9.17, 15) is 10.1 Å². The first kappa shape index (κ1) is 18.1. The lowest BCUT2D eigenvalue weighted by Crippen LogP contribution is -2.07. The minimum Gasteiger partial charge on any atom is -0.359 e. The van der Waals surface area contributed by atoms with Gasteiger partial charge in [-0.05, 0) is 18.6 Å². The minimum absolute atomic E-state index is 0.0935. The number of aromatic amines is 2. The van der Waals surface area contributed by atoms with Gasteiger partial charge < -0.3 is 5.32 Å². The Labute approximate surface area is 174 Å². The van der Waals surface area contributed by atoms with Gasteiger partial charge in [0, 0.05) is 28.4 Å². The minimum atomic E-state index is -0.441. The number of nitrogens with one attached hydrogen (secondary N) is 3. The summed E-state index contributed by atoms with van der Waals surface area (Å²) >= 11 is 6.49. The van der Waals surface area contributed by atoms with E-state index in [2.05, 4.69) is 25.7 Å². The van der Waals surface area contributed by atoms with Gasteiger partial charge in [-0.15, -0.1) is 0 Å². The summed E-state index contributed by atoms with van der Waals surface area (Å²) in [6.45, 7) is 1.92. The van der Waals surface area contributed by atoms with E-state index in [4.69, 9.17) is 16.6 Å². The van der Waals surface area contributed by atoms with Crippen molar-refractivity contribution < 1.29 is 4.92 Å². The quantitative estimate of drug-likeness (QED) is 0.335. The Hall–Kier alpha value is -3.98. The molecule has 0 radical (unpaired) electrons. The Morgan fingerprint density at radius 1 is 1.10 bits per heavy atom. The number of non-ortho nitro benzene ring substituents is 1. The fourth-order valence-corrected chi connectivity index (χ4v) is 3.75. The lowest BCUT2D eigenvalue weighted by molar-refractivity contribution is -0.383. The van der Waals surface area contributed by atoms with E-state index in [1.165, 1.54) is 6.07 Å². The molecule has 4 aromatic rings. The van der Waals surface area contributed by atoms with Crippen LogP contribution < -0.4 is 5.32 Å². The van der Waals surface area contributed by atoms with Crippen molar-refractivity contribution in [1.82, 2.24) is 20.4 Å². The van der Waals surface area contributed by atoms with Gasteiger partial charge in [0.15, 0.2) is 0 Å². The Morgan fingerprint density at radius 2 is 1.90 bits per heavy atom. The molecular formula is C20H14ClN7O2. The second-order valence-corrected chi connectivity index (χ2v) is 7.18. The number of aryl methyl sites for hydroxylation is 1. The number of rotatable bonds is 3. The largest absolute Gasteiger partial charge is 0.359 e. The summed E-state index contributed by atoms with van der Waals surface area (Å²) in [5, 5.41) is 29.8. The molecule has 0 saturated heterocycles. The van der Waals surface area contributed by atoms with Crippen molar-refractivity contribution in [3.05, 3.63) is 86.4 Å². The van der Waals surface area contributed by atoms with Crippen LogP contribution in [0.15, 0.2) is 53.9 Å². The van der Waals surface area contributed by atoms with Gasteiger partial charge in [-0.25, -0.2) is 4.99 Å². The number of aliphatic imine (C=N–C) groups is 1.